The summed E-state index contributed by atoms with van der Waals surface area (Å²) in [6, 6.07) is 1.61. The molecule has 2 rings (SSSR count). The summed E-state index contributed by atoms with van der Waals surface area (Å²) in [5.41, 5.74) is 0. The van der Waals surface area contributed by atoms with Crippen LogP contribution in [0.2, 0.25) is 0 Å². The molecule has 0 amide bonds. The Hall–Kier alpha value is -0.0800. The molecular weight excluding hydrogens is 172 g/mol. The van der Waals surface area contributed by atoms with E-state index >= 15 is 0 Å². The van der Waals surface area contributed by atoms with Crippen molar-refractivity contribution in [3.63, 3.8) is 0 Å². The van der Waals surface area contributed by atoms with E-state index in [0.717, 1.165) is 23.9 Å². The van der Waals surface area contributed by atoms with Crippen molar-refractivity contribution in [3.05, 3.63) is 0 Å². The predicted octanol–water partition coefficient (Wildman–Crippen LogP) is 1.71. The van der Waals surface area contributed by atoms with Crippen molar-refractivity contribution in [2.45, 2.75) is 45.2 Å². The molecule has 1 aliphatic heterocycles. The molecule has 82 valence electrons. The topological polar surface area (TPSA) is 15.3 Å². The predicted molar refractivity (Wildman–Crippen MR) is 60.4 cm³/mol. The smallest absolute Gasteiger partial charge is 0.0249 e. The summed E-state index contributed by atoms with van der Waals surface area (Å²) in [4.78, 5) is 2.69. The number of hydrogen-bond acceptors (Lipinski definition) is 2. The van der Waals surface area contributed by atoms with E-state index in [2.05, 4.69) is 31.1 Å². The van der Waals surface area contributed by atoms with E-state index < -0.39 is 0 Å². The maximum absolute atomic E-state index is 3.47. The SMILES string of the molecule is CNC1CCCC1N1CC(C(C)C)C1. The van der Waals surface area contributed by atoms with Gasteiger partial charge in [-0.05, 0) is 31.7 Å². The molecule has 1 saturated heterocycles. The normalized spacial score (nSPS) is 35.1. The molecule has 2 unspecified atom stereocenters. The molecule has 0 radical (unpaired) electrons. The van der Waals surface area contributed by atoms with Gasteiger partial charge in [-0.15, -0.1) is 0 Å². The van der Waals surface area contributed by atoms with Gasteiger partial charge in [0.15, 0.2) is 0 Å². The molecular formula is C12H24N2. The Morgan fingerprint density at radius 2 is 1.93 bits per heavy atom. The van der Waals surface area contributed by atoms with Crippen molar-refractivity contribution in [1.82, 2.24) is 10.2 Å². The van der Waals surface area contributed by atoms with Crippen LogP contribution in [0.1, 0.15) is 33.1 Å². The lowest BCUT2D eigenvalue weighted by Gasteiger charge is -2.47. The minimum Gasteiger partial charge on any atom is -0.315 e. The molecule has 1 aliphatic carbocycles. The zero-order valence-electron chi connectivity index (χ0n) is 9.79. The van der Waals surface area contributed by atoms with E-state index in [1.54, 1.807) is 0 Å². The molecule has 2 aliphatic rings. The van der Waals surface area contributed by atoms with Gasteiger partial charge in [-0.3, -0.25) is 4.90 Å². The second-order valence-corrected chi connectivity index (χ2v) is 5.35. The molecule has 1 heterocycles. The number of likely N-dealkylation sites (N-methyl/N-ethyl adjacent to an activating group) is 1. The lowest BCUT2D eigenvalue weighted by atomic mass is 9.86. The van der Waals surface area contributed by atoms with Crippen LogP contribution >= 0.6 is 0 Å². The third-order valence-corrected chi connectivity index (χ3v) is 4.20. The van der Waals surface area contributed by atoms with E-state index in [-0.39, 0.29) is 0 Å². The highest BCUT2D eigenvalue weighted by molar-refractivity contribution is 4.95. The van der Waals surface area contributed by atoms with Gasteiger partial charge in [0.2, 0.25) is 0 Å². The van der Waals surface area contributed by atoms with Crippen molar-refractivity contribution in [2.24, 2.45) is 11.8 Å². The molecule has 0 aromatic rings. The fourth-order valence-corrected chi connectivity index (χ4v) is 2.96. The van der Waals surface area contributed by atoms with Crippen molar-refractivity contribution < 1.29 is 0 Å². The summed E-state index contributed by atoms with van der Waals surface area (Å²) in [7, 11) is 2.11. The summed E-state index contributed by atoms with van der Waals surface area (Å²) >= 11 is 0. The first-order chi connectivity index (χ1) is 6.72. The van der Waals surface area contributed by atoms with Gasteiger partial charge in [0, 0.05) is 25.2 Å². The zero-order valence-corrected chi connectivity index (χ0v) is 9.79. The Morgan fingerprint density at radius 3 is 2.50 bits per heavy atom. The van der Waals surface area contributed by atoms with Gasteiger partial charge in [-0.25, -0.2) is 0 Å². The van der Waals surface area contributed by atoms with Crippen molar-refractivity contribution in [2.75, 3.05) is 20.1 Å². The Kier molecular flexibility index (Phi) is 3.13. The Morgan fingerprint density at radius 1 is 1.21 bits per heavy atom. The highest BCUT2D eigenvalue weighted by Crippen LogP contribution is 2.32. The van der Waals surface area contributed by atoms with Gasteiger partial charge in [-0.2, -0.15) is 0 Å². The van der Waals surface area contributed by atoms with Crippen LogP contribution in [0.5, 0.6) is 0 Å². The third kappa shape index (κ3) is 1.82. The number of nitrogens with one attached hydrogen (secondary N) is 1. The van der Waals surface area contributed by atoms with Crippen LogP contribution in [0.3, 0.4) is 0 Å². The van der Waals surface area contributed by atoms with Crippen LogP contribution in [0.15, 0.2) is 0 Å². The molecule has 0 bridgehead atoms. The monoisotopic (exact) mass is 196 g/mol. The summed E-state index contributed by atoms with van der Waals surface area (Å²) in [5.74, 6) is 1.84. The first kappa shape index (κ1) is 10.4. The van der Waals surface area contributed by atoms with E-state index in [4.69, 9.17) is 0 Å². The van der Waals surface area contributed by atoms with E-state index in [0.29, 0.717) is 0 Å². The van der Waals surface area contributed by atoms with Gasteiger partial charge in [0.05, 0.1) is 0 Å². The minimum absolute atomic E-state index is 0.767. The third-order valence-electron chi connectivity index (χ3n) is 4.20. The van der Waals surface area contributed by atoms with Crippen LogP contribution in [-0.2, 0) is 0 Å². The average molecular weight is 196 g/mol. The van der Waals surface area contributed by atoms with Gasteiger partial charge < -0.3 is 5.32 Å². The fraction of sp³-hybridized carbons (Fsp3) is 1.00. The maximum Gasteiger partial charge on any atom is 0.0249 e. The van der Waals surface area contributed by atoms with Gasteiger partial charge in [0.1, 0.15) is 0 Å². The van der Waals surface area contributed by atoms with Crippen molar-refractivity contribution >= 4 is 0 Å². The maximum atomic E-state index is 3.47. The Balaban J connectivity index is 1.81. The minimum atomic E-state index is 0.767. The van der Waals surface area contributed by atoms with E-state index in [1.165, 1.54) is 32.4 Å². The van der Waals surface area contributed by atoms with Crippen LogP contribution in [0.25, 0.3) is 0 Å². The van der Waals surface area contributed by atoms with Crippen molar-refractivity contribution in [1.29, 1.82) is 0 Å². The molecule has 1 saturated carbocycles. The molecule has 2 nitrogen and oxygen atoms in total. The molecule has 2 fully saturated rings. The lowest BCUT2D eigenvalue weighted by Crippen LogP contribution is -2.57. The summed E-state index contributed by atoms with van der Waals surface area (Å²) in [6.45, 7) is 7.40. The summed E-state index contributed by atoms with van der Waals surface area (Å²) < 4.78 is 0. The largest absolute Gasteiger partial charge is 0.315 e. The Bertz CT molecular complexity index is 185. The molecule has 0 aromatic heterocycles. The molecule has 2 atom stereocenters. The van der Waals surface area contributed by atoms with Crippen molar-refractivity contribution in [3.8, 4) is 0 Å². The standard InChI is InChI=1S/C12H24N2/c1-9(2)10-7-14(8-10)12-6-4-5-11(12)13-3/h9-13H,4-8H2,1-3H3. The molecule has 14 heavy (non-hydrogen) atoms. The van der Waals surface area contributed by atoms with Crippen LogP contribution in [-0.4, -0.2) is 37.1 Å². The molecule has 0 aromatic carbocycles. The first-order valence-corrected chi connectivity index (χ1v) is 6.13. The van der Waals surface area contributed by atoms with Crippen LogP contribution in [0, 0.1) is 11.8 Å². The first-order valence-electron chi connectivity index (χ1n) is 6.13. The lowest BCUT2D eigenvalue weighted by molar-refractivity contribution is 0.0211. The second kappa shape index (κ2) is 4.19. The summed E-state index contributed by atoms with van der Waals surface area (Å²) in [5, 5.41) is 3.47. The Labute approximate surface area is 88.1 Å². The number of rotatable bonds is 3. The molecule has 2 heteroatoms. The highest BCUT2D eigenvalue weighted by atomic mass is 15.2. The zero-order chi connectivity index (χ0) is 10.1. The quantitative estimate of drug-likeness (QED) is 0.739. The molecule has 0 spiro atoms. The second-order valence-electron chi connectivity index (χ2n) is 5.35. The van der Waals surface area contributed by atoms with Crippen LogP contribution < -0.4 is 5.32 Å². The van der Waals surface area contributed by atoms with E-state index in [1.807, 2.05) is 0 Å². The highest BCUT2D eigenvalue weighted by Gasteiger charge is 2.38. The van der Waals surface area contributed by atoms with Gasteiger partial charge in [-0.1, -0.05) is 20.3 Å². The average Bonchev–Trinajstić information content (AvgIpc) is 2.48. The van der Waals surface area contributed by atoms with Gasteiger partial charge in [0.25, 0.3) is 0 Å². The number of hydrogen-bond donors (Lipinski definition) is 1. The fourth-order valence-electron chi connectivity index (χ4n) is 2.96. The number of likely N-dealkylation sites (tertiary alicyclic amines) is 1. The van der Waals surface area contributed by atoms with Crippen LogP contribution in [0.4, 0.5) is 0 Å². The summed E-state index contributed by atoms with van der Waals surface area (Å²) in [6.07, 6.45) is 4.21. The molecule has 1 N–H and O–H groups in total. The van der Waals surface area contributed by atoms with E-state index in [9.17, 15) is 0 Å². The number of nitrogens with zero attached hydrogens (tertiary/aromatic N) is 1. The van der Waals surface area contributed by atoms with Gasteiger partial charge >= 0.3 is 0 Å².